The van der Waals surface area contributed by atoms with Crippen molar-refractivity contribution in [3.63, 3.8) is 0 Å². The first-order valence-electron chi connectivity index (χ1n) is 6.31. The number of carboxylic acids is 1. The normalized spacial score (nSPS) is 11.7. The van der Waals surface area contributed by atoms with E-state index < -0.39 is 10.9 Å². The lowest BCUT2D eigenvalue weighted by molar-refractivity contribution is -0.384. The van der Waals surface area contributed by atoms with Crippen LogP contribution in [-0.4, -0.2) is 16.0 Å². The second-order valence-electron chi connectivity index (χ2n) is 4.60. The second kappa shape index (κ2) is 6.04. The Morgan fingerprint density at radius 2 is 1.95 bits per heavy atom. The van der Waals surface area contributed by atoms with E-state index in [4.69, 9.17) is 5.11 Å². The molecule has 6 heteroatoms. The van der Waals surface area contributed by atoms with E-state index in [2.05, 4.69) is 5.32 Å². The summed E-state index contributed by atoms with van der Waals surface area (Å²) in [5.74, 6) is -0.998. The van der Waals surface area contributed by atoms with Crippen LogP contribution in [0.4, 0.5) is 11.4 Å². The summed E-state index contributed by atoms with van der Waals surface area (Å²) in [6.45, 7) is 1.85. The quantitative estimate of drug-likeness (QED) is 0.648. The maximum atomic E-state index is 10.9. The van der Waals surface area contributed by atoms with E-state index in [0.29, 0.717) is 5.69 Å². The average molecular weight is 286 g/mol. The topological polar surface area (TPSA) is 92.5 Å². The molecule has 0 aromatic heterocycles. The summed E-state index contributed by atoms with van der Waals surface area (Å²) in [5.41, 5.74) is 1.62. The van der Waals surface area contributed by atoms with Crippen LogP contribution in [0.3, 0.4) is 0 Å². The van der Waals surface area contributed by atoms with Gasteiger partial charge in [0, 0.05) is 23.9 Å². The van der Waals surface area contributed by atoms with Gasteiger partial charge in [0.25, 0.3) is 5.69 Å². The highest BCUT2D eigenvalue weighted by Gasteiger charge is 2.11. The standard InChI is InChI=1S/C15H14N2O4/c1-10(11-4-3-7-14(9-11)17(20)21)16-13-6-2-5-12(8-13)15(18)19/h2-10,16H,1H3,(H,18,19). The largest absolute Gasteiger partial charge is 0.478 e. The summed E-state index contributed by atoms with van der Waals surface area (Å²) in [7, 11) is 0. The molecule has 2 aromatic carbocycles. The van der Waals surface area contributed by atoms with Crippen LogP contribution in [0.25, 0.3) is 0 Å². The zero-order chi connectivity index (χ0) is 15.4. The summed E-state index contributed by atoms with van der Waals surface area (Å²) < 4.78 is 0. The minimum Gasteiger partial charge on any atom is -0.478 e. The number of benzene rings is 2. The number of hydrogen-bond donors (Lipinski definition) is 2. The van der Waals surface area contributed by atoms with Crippen molar-refractivity contribution in [1.82, 2.24) is 0 Å². The fourth-order valence-electron chi connectivity index (χ4n) is 1.98. The van der Waals surface area contributed by atoms with Crippen LogP contribution in [-0.2, 0) is 0 Å². The molecule has 0 saturated carbocycles. The number of non-ortho nitro benzene ring substituents is 1. The van der Waals surface area contributed by atoms with E-state index in [0.717, 1.165) is 5.56 Å². The molecule has 0 radical (unpaired) electrons. The van der Waals surface area contributed by atoms with E-state index in [9.17, 15) is 14.9 Å². The zero-order valence-corrected chi connectivity index (χ0v) is 11.3. The van der Waals surface area contributed by atoms with Crippen LogP contribution < -0.4 is 5.32 Å². The second-order valence-corrected chi connectivity index (χ2v) is 4.60. The lowest BCUT2D eigenvalue weighted by Crippen LogP contribution is -2.08. The predicted molar refractivity (Wildman–Crippen MR) is 78.5 cm³/mol. The van der Waals surface area contributed by atoms with Crippen LogP contribution in [0.15, 0.2) is 48.5 Å². The highest BCUT2D eigenvalue weighted by molar-refractivity contribution is 5.88. The molecule has 1 atom stereocenters. The molecule has 0 aliphatic carbocycles. The van der Waals surface area contributed by atoms with E-state index in [-0.39, 0.29) is 17.3 Å². The predicted octanol–water partition coefficient (Wildman–Crippen LogP) is 3.47. The van der Waals surface area contributed by atoms with Crippen molar-refractivity contribution < 1.29 is 14.8 Å². The molecule has 0 aliphatic heterocycles. The zero-order valence-electron chi connectivity index (χ0n) is 11.3. The average Bonchev–Trinajstić information content (AvgIpc) is 2.47. The van der Waals surface area contributed by atoms with Gasteiger partial charge < -0.3 is 10.4 Å². The van der Waals surface area contributed by atoms with Crippen LogP contribution in [0.1, 0.15) is 28.9 Å². The molecule has 6 nitrogen and oxygen atoms in total. The SMILES string of the molecule is CC(Nc1cccc(C(=O)O)c1)c1cccc([N+](=O)[O-])c1. The molecular formula is C15H14N2O4. The Balaban J connectivity index is 2.19. The van der Waals surface area contributed by atoms with E-state index >= 15 is 0 Å². The smallest absolute Gasteiger partial charge is 0.335 e. The minimum atomic E-state index is -0.998. The molecule has 1 unspecified atom stereocenters. The van der Waals surface area contributed by atoms with Crippen molar-refractivity contribution in [3.8, 4) is 0 Å². The Labute approximate surface area is 121 Å². The van der Waals surface area contributed by atoms with Crippen molar-refractivity contribution in [3.05, 3.63) is 69.8 Å². The molecule has 2 N–H and O–H groups in total. The fraction of sp³-hybridized carbons (Fsp3) is 0.133. The number of hydrogen-bond acceptors (Lipinski definition) is 4. The number of carbonyl (C=O) groups is 1. The van der Waals surface area contributed by atoms with Crippen LogP contribution in [0.5, 0.6) is 0 Å². The number of anilines is 1. The summed E-state index contributed by atoms with van der Waals surface area (Å²) >= 11 is 0. The molecular weight excluding hydrogens is 272 g/mol. The summed E-state index contributed by atoms with van der Waals surface area (Å²) in [4.78, 5) is 21.3. The number of rotatable bonds is 5. The molecule has 0 fully saturated rings. The third kappa shape index (κ3) is 3.56. The first kappa shape index (κ1) is 14.5. The molecule has 0 heterocycles. The molecule has 21 heavy (non-hydrogen) atoms. The van der Waals surface area contributed by atoms with Gasteiger partial charge >= 0.3 is 5.97 Å². The number of nitrogens with zero attached hydrogens (tertiary/aromatic N) is 1. The maximum Gasteiger partial charge on any atom is 0.335 e. The van der Waals surface area contributed by atoms with E-state index in [1.54, 1.807) is 24.3 Å². The maximum absolute atomic E-state index is 10.9. The van der Waals surface area contributed by atoms with E-state index in [1.165, 1.54) is 24.3 Å². The van der Waals surface area contributed by atoms with Gasteiger partial charge in [-0.3, -0.25) is 10.1 Å². The van der Waals surface area contributed by atoms with Gasteiger partial charge in [0.15, 0.2) is 0 Å². The first-order valence-corrected chi connectivity index (χ1v) is 6.31. The summed E-state index contributed by atoms with van der Waals surface area (Å²) in [5, 5.41) is 22.9. The Bertz CT molecular complexity index is 685. The van der Waals surface area contributed by atoms with Crippen molar-refractivity contribution in [2.75, 3.05) is 5.32 Å². The molecule has 0 spiro atoms. The number of nitro groups is 1. The fourth-order valence-corrected chi connectivity index (χ4v) is 1.98. The van der Waals surface area contributed by atoms with Crippen molar-refractivity contribution in [1.29, 1.82) is 0 Å². The molecule has 2 rings (SSSR count). The molecule has 0 bridgehead atoms. The lowest BCUT2D eigenvalue weighted by atomic mass is 10.1. The van der Waals surface area contributed by atoms with E-state index in [1.807, 2.05) is 6.92 Å². The monoisotopic (exact) mass is 286 g/mol. The summed E-state index contributed by atoms with van der Waals surface area (Å²) in [6, 6.07) is 12.6. The van der Waals surface area contributed by atoms with Gasteiger partial charge in [-0.2, -0.15) is 0 Å². The molecule has 0 saturated heterocycles. The van der Waals surface area contributed by atoms with Crippen molar-refractivity contribution in [2.45, 2.75) is 13.0 Å². The number of aromatic carboxylic acids is 1. The van der Waals surface area contributed by atoms with Gasteiger partial charge in [-0.15, -0.1) is 0 Å². The Morgan fingerprint density at radius 1 is 1.24 bits per heavy atom. The Morgan fingerprint density at radius 3 is 2.62 bits per heavy atom. The Kier molecular flexibility index (Phi) is 4.18. The highest BCUT2D eigenvalue weighted by Crippen LogP contribution is 2.23. The minimum absolute atomic E-state index is 0.0282. The third-order valence-corrected chi connectivity index (χ3v) is 3.07. The van der Waals surface area contributed by atoms with Crippen LogP contribution in [0, 0.1) is 10.1 Å². The van der Waals surface area contributed by atoms with Gasteiger partial charge in [0.2, 0.25) is 0 Å². The van der Waals surface area contributed by atoms with Crippen LogP contribution in [0.2, 0.25) is 0 Å². The first-order chi connectivity index (χ1) is 9.97. The van der Waals surface area contributed by atoms with Gasteiger partial charge in [0.1, 0.15) is 0 Å². The van der Waals surface area contributed by atoms with Gasteiger partial charge in [0.05, 0.1) is 10.5 Å². The van der Waals surface area contributed by atoms with Crippen LogP contribution >= 0.6 is 0 Å². The van der Waals surface area contributed by atoms with Gasteiger partial charge in [-0.05, 0) is 30.7 Å². The Hall–Kier alpha value is -2.89. The molecule has 0 aliphatic rings. The molecule has 108 valence electrons. The van der Waals surface area contributed by atoms with Gasteiger partial charge in [-0.1, -0.05) is 18.2 Å². The van der Waals surface area contributed by atoms with Crippen molar-refractivity contribution >= 4 is 17.3 Å². The molecule has 0 amide bonds. The number of carboxylic acid groups (broad SMARTS) is 1. The number of nitro benzene ring substituents is 1. The van der Waals surface area contributed by atoms with Gasteiger partial charge in [-0.25, -0.2) is 4.79 Å². The highest BCUT2D eigenvalue weighted by atomic mass is 16.6. The summed E-state index contributed by atoms with van der Waals surface area (Å²) in [6.07, 6.45) is 0. The lowest BCUT2D eigenvalue weighted by Gasteiger charge is -2.16. The third-order valence-electron chi connectivity index (χ3n) is 3.07. The number of nitrogens with one attached hydrogen (secondary N) is 1. The molecule has 2 aromatic rings. The van der Waals surface area contributed by atoms with Crippen molar-refractivity contribution in [2.24, 2.45) is 0 Å².